The Bertz CT molecular complexity index is 755. The van der Waals surface area contributed by atoms with Gasteiger partial charge in [-0.3, -0.25) is 0 Å². The highest BCUT2D eigenvalue weighted by Gasteiger charge is 2.13. The summed E-state index contributed by atoms with van der Waals surface area (Å²) < 4.78 is 6.40. The number of benzene rings is 2. The molecule has 3 rings (SSSR count). The molecule has 3 aromatic rings. The first-order chi connectivity index (χ1) is 10.3. The van der Waals surface area contributed by atoms with E-state index in [-0.39, 0.29) is 0 Å². The van der Waals surface area contributed by atoms with Crippen LogP contribution in [0.15, 0.2) is 57.5 Å². The molecule has 2 aromatic carbocycles. The summed E-state index contributed by atoms with van der Waals surface area (Å²) >= 11 is 3.44. The number of rotatable bonds is 4. The Morgan fingerprint density at radius 3 is 2.76 bits per heavy atom. The molecule has 0 saturated carbocycles. The Labute approximate surface area is 131 Å². The number of nitrogens with zero attached hydrogens (tertiary/aromatic N) is 2. The van der Waals surface area contributed by atoms with Crippen LogP contribution in [-0.2, 0) is 6.42 Å². The Morgan fingerprint density at radius 2 is 1.95 bits per heavy atom. The lowest BCUT2D eigenvalue weighted by Gasteiger charge is -2.03. The molecule has 0 amide bonds. The first kappa shape index (κ1) is 14.0. The van der Waals surface area contributed by atoms with Crippen LogP contribution in [0.1, 0.15) is 5.56 Å². The minimum atomic E-state index is 0.522. The third-order valence-electron chi connectivity index (χ3n) is 3.17. The summed E-state index contributed by atoms with van der Waals surface area (Å²) in [5.41, 5.74) is 8.62. The molecule has 0 unspecified atom stereocenters. The molecule has 4 nitrogen and oxygen atoms in total. The van der Waals surface area contributed by atoms with Crippen molar-refractivity contribution in [3.8, 4) is 22.8 Å². The first-order valence-corrected chi connectivity index (χ1v) is 7.45. The maximum absolute atomic E-state index is 5.65. The van der Waals surface area contributed by atoms with E-state index in [9.17, 15) is 0 Å². The molecule has 106 valence electrons. The van der Waals surface area contributed by atoms with Crippen molar-refractivity contribution in [1.82, 2.24) is 10.1 Å². The van der Waals surface area contributed by atoms with E-state index < -0.39 is 0 Å². The van der Waals surface area contributed by atoms with E-state index in [4.69, 9.17) is 10.3 Å². The number of nitrogens with two attached hydrogens (primary N) is 1. The molecule has 0 fully saturated rings. The van der Waals surface area contributed by atoms with Gasteiger partial charge in [0.2, 0.25) is 5.82 Å². The quantitative estimate of drug-likeness (QED) is 0.784. The van der Waals surface area contributed by atoms with E-state index in [1.54, 1.807) is 0 Å². The summed E-state index contributed by atoms with van der Waals surface area (Å²) in [7, 11) is 0. The fraction of sp³-hybridized carbons (Fsp3) is 0.125. The van der Waals surface area contributed by atoms with Crippen molar-refractivity contribution in [2.24, 2.45) is 5.73 Å². The van der Waals surface area contributed by atoms with Gasteiger partial charge in [0.05, 0.1) is 0 Å². The summed E-state index contributed by atoms with van der Waals surface area (Å²) in [5.74, 6) is 1.10. The molecule has 1 heterocycles. The molecule has 0 bridgehead atoms. The highest BCUT2D eigenvalue weighted by molar-refractivity contribution is 9.10. The molecule has 0 aliphatic rings. The Hall–Kier alpha value is -1.98. The van der Waals surface area contributed by atoms with Gasteiger partial charge in [0.15, 0.2) is 0 Å². The fourth-order valence-corrected chi connectivity index (χ4v) is 2.58. The van der Waals surface area contributed by atoms with Crippen LogP contribution in [0, 0.1) is 0 Å². The van der Waals surface area contributed by atoms with Gasteiger partial charge in [-0.1, -0.05) is 51.4 Å². The second kappa shape index (κ2) is 6.20. The van der Waals surface area contributed by atoms with Gasteiger partial charge in [-0.25, -0.2) is 0 Å². The molecular formula is C16H14BrN3O. The van der Waals surface area contributed by atoms with Gasteiger partial charge in [0.1, 0.15) is 0 Å². The van der Waals surface area contributed by atoms with Gasteiger partial charge in [-0.15, -0.1) is 0 Å². The van der Waals surface area contributed by atoms with Gasteiger partial charge >= 0.3 is 0 Å². The van der Waals surface area contributed by atoms with Crippen molar-refractivity contribution < 1.29 is 4.52 Å². The van der Waals surface area contributed by atoms with E-state index in [0.29, 0.717) is 18.3 Å². The Balaban J connectivity index is 1.99. The maximum Gasteiger partial charge on any atom is 0.258 e. The third kappa shape index (κ3) is 3.04. The molecule has 21 heavy (non-hydrogen) atoms. The summed E-state index contributed by atoms with van der Waals surface area (Å²) in [4.78, 5) is 4.50. The van der Waals surface area contributed by atoms with Crippen LogP contribution < -0.4 is 5.73 Å². The van der Waals surface area contributed by atoms with Crippen molar-refractivity contribution in [2.75, 3.05) is 6.54 Å². The van der Waals surface area contributed by atoms with E-state index in [1.807, 2.05) is 48.5 Å². The molecule has 5 heteroatoms. The zero-order chi connectivity index (χ0) is 14.7. The standard InChI is InChI=1S/C16H14BrN3O/c17-13-6-3-5-12(10-13)15-19-16(21-20-15)14-7-2-1-4-11(14)8-9-18/h1-7,10H,8-9,18H2. The first-order valence-electron chi connectivity index (χ1n) is 6.66. The van der Waals surface area contributed by atoms with E-state index in [2.05, 4.69) is 26.1 Å². The molecule has 0 radical (unpaired) electrons. The lowest BCUT2D eigenvalue weighted by Crippen LogP contribution is -2.03. The van der Waals surface area contributed by atoms with E-state index in [1.165, 1.54) is 0 Å². The number of hydrogen-bond donors (Lipinski definition) is 1. The minimum absolute atomic E-state index is 0.522. The minimum Gasteiger partial charge on any atom is -0.334 e. The predicted octanol–water partition coefficient (Wildman–Crippen LogP) is 3.67. The van der Waals surface area contributed by atoms with Crippen LogP contribution >= 0.6 is 15.9 Å². The van der Waals surface area contributed by atoms with Crippen molar-refractivity contribution in [3.63, 3.8) is 0 Å². The molecule has 0 aliphatic carbocycles. The van der Waals surface area contributed by atoms with Crippen molar-refractivity contribution in [1.29, 1.82) is 0 Å². The van der Waals surface area contributed by atoms with Crippen LogP contribution in [0.4, 0.5) is 0 Å². The lowest BCUT2D eigenvalue weighted by atomic mass is 10.0. The highest BCUT2D eigenvalue weighted by Crippen LogP contribution is 2.26. The van der Waals surface area contributed by atoms with E-state index >= 15 is 0 Å². The van der Waals surface area contributed by atoms with Crippen molar-refractivity contribution >= 4 is 15.9 Å². The molecule has 0 saturated heterocycles. The zero-order valence-electron chi connectivity index (χ0n) is 11.3. The highest BCUT2D eigenvalue weighted by atomic mass is 79.9. The van der Waals surface area contributed by atoms with E-state index in [0.717, 1.165) is 27.6 Å². The second-order valence-corrected chi connectivity index (χ2v) is 5.54. The van der Waals surface area contributed by atoms with Gasteiger partial charge in [-0.05, 0) is 36.7 Å². The Morgan fingerprint density at radius 1 is 1.10 bits per heavy atom. The number of halogens is 1. The van der Waals surface area contributed by atoms with Crippen LogP contribution in [0.25, 0.3) is 22.8 Å². The van der Waals surface area contributed by atoms with Gasteiger partial charge < -0.3 is 10.3 Å². The van der Waals surface area contributed by atoms with Crippen LogP contribution in [0.5, 0.6) is 0 Å². The summed E-state index contributed by atoms with van der Waals surface area (Å²) in [5, 5.41) is 4.07. The third-order valence-corrected chi connectivity index (χ3v) is 3.66. The SMILES string of the molecule is NCCc1ccccc1-c1nc(-c2cccc(Br)c2)no1. The van der Waals surface area contributed by atoms with Crippen molar-refractivity contribution in [2.45, 2.75) is 6.42 Å². The largest absolute Gasteiger partial charge is 0.334 e. The smallest absolute Gasteiger partial charge is 0.258 e. The number of hydrogen-bond acceptors (Lipinski definition) is 4. The molecular weight excluding hydrogens is 330 g/mol. The van der Waals surface area contributed by atoms with Crippen LogP contribution in [-0.4, -0.2) is 16.7 Å². The molecule has 2 N–H and O–H groups in total. The summed E-state index contributed by atoms with van der Waals surface area (Å²) in [6.07, 6.45) is 0.783. The number of aromatic nitrogens is 2. The average Bonchev–Trinajstić information content (AvgIpc) is 2.98. The van der Waals surface area contributed by atoms with Gasteiger partial charge in [0, 0.05) is 15.6 Å². The zero-order valence-corrected chi connectivity index (χ0v) is 12.9. The molecule has 0 spiro atoms. The van der Waals surface area contributed by atoms with Gasteiger partial charge in [0.25, 0.3) is 5.89 Å². The average molecular weight is 344 g/mol. The summed E-state index contributed by atoms with van der Waals surface area (Å²) in [6.45, 7) is 0.587. The molecule has 0 aliphatic heterocycles. The Kier molecular flexibility index (Phi) is 4.13. The topological polar surface area (TPSA) is 64.9 Å². The molecule has 1 aromatic heterocycles. The van der Waals surface area contributed by atoms with Gasteiger partial charge in [-0.2, -0.15) is 4.98 Å². The summed E-state index contributed by atoms with van der Waals surface area (Å²) in [6, 6.07) is 15.8. The normalized spacial score (nSPS) is 10.8. The van der Waals surface area contributed by atoms with Crippen molar-refractivity contribution in [3.05, 3.63) is 58.6 Å². The molecule has 0 atom stereocenters. The lowest BCUT2D eigenvalue weighted by molar-refractivity contribution is 0.432. The second-order valence-electron chi connectivity index (χ2n) is 4.63. The fourth-order valence-electron chi connectivity index (χ4n) is 2.18. The predicted molar refractivity (Wildman–Crippen MR) is 85.6 cm³/mol. The maximum atomic E-state index is 5.65. The van der Waals surface area contributed by atoms with Crippen LogP contribution in [0.3, 0.4) is 0 Å². The van der Waals surface area contributed by atoms with Crippen LogP contribution in [0.2, 0.25) is 0 Å². The monoisotopic (exact) mass is 343 g/mol.